The van der Waals surface area contributed by atoms with Gasteiger partial charge in [0.2, 0.25) is 0 Å². The number of aromatic nitrogens is 1. The highest BCUT2D eigenvalue weighted by Gasteiger charge is 2.16. The van der Waals surface area contributed by atoms with Gasteiger partial charge < -0.3 is 10.2 Å². The Balaban J connectivity index is 2.67. The maximum absolute atomic E-state index is 4.53. The third-order valence-corrected chi connectivity index (χ3v) is 3.71. The number of likely N-dealkylation sites (N-methyl/N-ethyl adjacent to an activating group) is 1. The largest absolute Gasteiger partial charge is 0.357 e. The minimum absolute atomic E-state index is 0.458. The van der Waals surface area contributed by atoms with Crippen molar-refractivity contribution < 1.29 is 0 Å². The van der Waals surface area contributed by atoms with Gasteiger partial charge >= 0.3 is 0 Å². The van der Waals surface area contributed by atoms with Crippen molar-refractivity contribution in [3.63, 3.8) is 0 Å². The minimum atomic E-state index is 0.458. The van der Waals surface area contributed by atoms with Gasteiger partial charge in [-0.2, -0.15) is 0 Å². The predicted molar refractivity (Wildman–Crippen MR) is 72.4 cm³/mol. The summed E-state index contributed by atoms with van der Waals surface area (Å²) in [6.07, 6.45) is 0. The van der Waals surface area contributed by atoms with Gasteiger partial charge in [0.15, 0.2) is 5.13 Å². The summed E-state index contributed by atoms with van der Waals surface area (Å²) in [5.74, 6) is 0.604. The number of aryl methyl sites for hydroxylation is 2. The molecule has 0 radical (unpaired) electrons. The summed E-state index contributed by atoms with van der Waals surface area (Å²) in [5, 5.41) is 4.59. The summed E-state index contributed by atoms with van der Waals surface area (Å²) < 4.78 is 0. The van der Waals surface area contributed by atoms with Gasteiger partial charge in [0.1, 0.15) is 0 Å². The van der Waals surface area contributed by atoms with E-state index in [9.17, 15) is 0 Å². The highest BCUT2D eigenvalue weighted by Crippen LogP contribution is 2.23. The molecule has 0 aliphatic heterocycles. The van der Waals surface area contributed by atoms with Gasteiger partial charge in [0.25, 0.3) is 0 Å². The second kappa shape index (κ2) is 5.64. The molecule has 1 unspecified atom stereocenters. The molecule has 4 heteroatoms. The number of thiazole rings is 1. The van der Waals surface area contributed by atoms with Gasteiger partial charge in [0, 0.05) is 17.5 Å². The molecule has 0 bridgehead atoms. The van der Waals surface area contributed by atoms with Crippen molar-refractivity contribution in [1.82, 2.24) is 9.88 Å². The zero-order valence-corrected chi connectivity index (χ0v) is 12.0. The molecule has 0 aliphatic carbocycles. The zero-order chi connectivity index (χ0) is 12.3. The molecule has 0 saturated heterocycles. The lowest BCUT2D eigenvalue weighted by Crippen LogP contribution is -2.36. The van der Waals surface area contributed by atoms with Crippen LogP contribution < -0.4 is 5.32 Å². The zero-order valence-electron chi connectivity index (χ0n) is 11.2. The van der Waals surface area contributed by atoms with Crippen molar-refractivity contribution in [3.05, 3.63) is 10.6 Å². The van der Waals surface area contributed by atoms with Gasteiger partial charge in [-0.15, -0.1) is 11.3 Å². The van der Waals surface area contributed by atoms with E-state index in [1.165, 1.54) is 4.88 Å². The highest BCUT2D eigenvalue weighted by molar-refractivity contribution is 7.15. The van der Waals surface area contributed by atoms with E-state index in [-0.39, 0.29) is 0 Å². The fourth-order valence-corrected chi connectivity index (χ4v) is 2.39. The fraction of sp³-hybridized carbons (Fsp3) is 0.750. The van der Waals surface area contributed by atoms with Crippen LogP contribution in [0.15, 0.2) is 0 Å². The van der Waals surface area contributed by atoms with Crippen LogP contribution in [0.3, 0.4) is 0 Å². The smallest absolute Gasteiger partial charge is 0.183 e. The average molecular weight is 241 g/mol. The Hall–Kier alpha value is -0.610. The monoisotopic (exact) mass is 241 g/mol. The van der Waals surface area contributed by atoms with E-state index < -0.39 is 0 Å². The van der Waals surface area contributed by atoms with Gasteiger partial charge in [0.05, 0.1) is 5.69 Å². The third-order valence-electron chi connectivity index (χ3n) is 2.70. The Bertz CT molecular complexity index is 312. The first kappa shape index (κ1) is 13.5. The highest BCUT2D eigenvalue weighted by atomic mass is 32.1. The van der Waals surface area contributed by atoms with Crippen molar-refractivity contribution in [3.8, 4) is 0 Å². The molecule has 92 valence electrons. The number of nitrogens with one attached hydrogen (secondary N) is 1. The predicted octanol–water partition coefficient (Wildman–Crippen LogP) is 2.76. The Labute approximate surface area is 103 Å². The Morgan fingerprint density at radius 3 is 2.31 bits per heavy atom. The third kappa shape index (κ3) is 3.76. The van der Waals surface area contributed by atoms with Crippen LogP contribution in [0.25, 0.3) is 0 Å². The maximum atomic E-state index is 4.53. The SMILES string of the molecule is Cc1nc(NC(CN(C)C)C(C)C)sc1C. The molecule has 1 heterocycles. The maximum Gasteiger partial charge on any atom is 0.183 e. The molecular formula is C12H23N3S. The molecule has 1 atom stereocenters. The summed E-state index contributed by atoms with van der Waals surface area (Å²) in [4.78, 5) is 8.04. The van der Waals surface area contributed by atoms with Crippen LogP contribution in [0.5, 0.6) is 0 Å². The summed E-state index contributed by atoms with van der Waals surface area (Å²) in [6.45, 7) is 9.71. The summed E-state index contributed by atoms with van der Waals surface area (Å²) in [7, 11) is 4.21. The van der Waals surface area contributed by atoms with Crippen LogP contribution in [0.2, 0.25) is 0 Å². The molecule has 1 aromatic rings. The molecule has 0 spiro atoms. The summed E-state index contributed by atoms with van der Waals surface area (Å²) in [5.41, 5.74) is 1.14. The van der Waals surface area contributed by atoms with Crippen molar-refractivity contribution in [2.45, 2.75) is 33.7 Å². The van der Waals surface area contributed by atoms with Crippen LogP contribution in [-0.2, 0) is 0 Å². The number of nitrogens with zero attached hydrogens (tertiary/aromatic N) is 2. The van der Waals surface area contributed by atoms with Crippen LogP contribution in [0, 0.1) is 19.8 Å². The van der Waals surface area contributed by atoms with E-state index in [4.69, 9.17) is 0 Å². The second-order valence-corrected chi connectivity index (χ2v) is 6.12. The molecule has 3 nitrogen and oxygen atoms in total. The van der Waals surface area contributed by atoms with Crippen LogP contribution in [0.1, 0.15) is 24.4 Å². The molecule has 0 aromatic carbocycles. The Morgan fingerprint density at radius 1 is 1.31 bits per heavy atom. The van der Waals surface area contributed by atoms with Crippen molar-refractivity contribution in [1.29, 1.82) is 0 Å². The van der Waals surface area contributed by atoms with Gasteiger partial charge in [-0.05, 0) is 33.9 Å². The molecule has 0 fully saturated rings. The number of anilines is 1. The van der Waals surface area contributed by atoms with E-state index in [1.54, 1.807) is 11.3 Å². The minimum Gasteiger partial charge on any atom is -0.357 e. The van der Waals surface area contributed by atoms with E-state index in [0.29, 0.717) is 12.0 Å². The first-order chi connectivity index (χ1) is 7.40. The van der Waals surface area contributed by atoms with E-state index in [0.717, 1.165) is 17.4 Å². The quantitative estimate of drug-likeness (QED) is 0.859. The normalized spacial score (nSPS) is 13.5. The molecule has 0 amide bonds. The number of rotatable bonds is 5. The summed E-state index contributed by atoms with van der Waals surface area (Å²) in [6, 6.07) is 0.458. The molecule has 0 saturated carbocycles. The van der Waals surface area contributed by atoms with Gasteiger partial charge in [-0.3, -0.25) is 0 Å². The van der Waals surface area contributed by atoms with Crippen LogP contribution in [0.4, 0.5) is 5.13 Å². The standard InChI is InChI=1S/C12H23N3S/c1-8(2)11(7-15(5)6)14-12-13-9(3)10(4)16-12/h8,11H,7H2,1-6H3,(H,13,14). The van der Waals surface area contributed by atoms with Gasteiger partial charge in [-0.1, -0.05) is 13.8 Å². The molecular weight excluding hydrogens is 218 g/mol. The Kier molecular flexibility index (Phi) is 4.74. The first-order valence-corrected chi connectivity index (χ1v) is 6.57. The lowest BCUT2D eigenvalue weighted by atomic mass is 10.0. The van der Waals surface area contributed by atoms with E-state index in [2.05, 4.69) is 57.0 Å². The molecule has 1 rings (SSSR count). The second-order valence-electron chi connectivity index (χ2n) is 4.92. The van der Waals surface area contributed by atoms with Crippen LogP contribution >= 0.6 is 11.3 Å². The van der Waals surface area contributed by atoms with Crippen molar-refractivity contribution >= 4 is 16.5 Å². The van der Waals surface area contributed by atoms with Gasteiger partial charge in [-0.25, -0.2) is 4.98 Å². The summed E-state index contributed by atoms with van der Waals surface area (Å²) >= 11 is 1.75. The lowest BCUT2D eigenvalue weighted by molar-refractivity contribution is 0.344. The molecule has 1 aromatic heterocycles. The molecule has 1 N–H and O–H groups in total. The van der Waals surface area contributed by atoms with E-state index in [1.807, 2.05) is 0 Å². The topological polar surface area (TPSA) is 28.2 Å². The van der Waals surface area contributed by atoms with Crippen molar-refractivity contribution in [2.75, 3.05) is 26.0 Å². The molecule has 0 aliphatic rings. The average Bonchev–Trinajstić information content (AvgIpc) is 2.44. The first-order valence-electron chi connectivity index (χ1n) is 5.75. The fourth-order valence-electron chi connectivity index (χ4n) is 1.51. The number of hydrogen-bond donors (Lipinski definition) is 1. The van der Waals surface area contributed by atoms with Crippen LogP contribution in [-0.4, -0.2) is 36.6 Å². The molecule has 16 heavy (non-hydrogen) atoms. The Morgan fingerprint density at radius 2 is 1.94 bits per heavy atom. The van der Waals surface area contributed by atoms with E-state index >= 15 is 0 Å². The lowest BCUT2D eigenvalue weighted by Gasteiger charge is -2.25. The van der Waals surface area contributed by atoms with Crippen molar-refractivity contribution in [2.24, 2.45) is 5.92 Å². The number of hydrogen-bond acceptors (Lipinski definition) is 4.